The van der Waals surface area contributed by atoms with Crippen molar-refractivity contribution in [3.8, 4) is 6.07 Å². The Morgan fingerprint density at radius 3 is 2.94 bits per heavy atom. The molecule has 0 spiro atoms. The maximum absolute atomic E-state index is 8.75. The molecule has 1 aliphatic rings. The minimum absolute atomic E-state index is 0.488. The summed E-state index contributed by atoms with van der Waals surface area (Å²) in [6.07, 6.45) is 1.61. The fourth-order valence-corrected chi connectivity index (χ4v) is 3.82. The lowest BCUT2D eigenvalue weighted by Gasteiger charge is -2.37. The smallest absolute Gasteiger partial charge is 0.0622 e. The van der Waals surface area contributed by atoms with Gasteiger partial charge in [-0.15, -0.1) is 11.8 Å². The van der Waals surface area contributed by atoms with E-state index >= 15 is 0 Å². The van der Waals surface area contributed by atoms with Crippen LogP contribution in [0, 0.1) is 11.3 Å². The van der Waals surface area contributed by atoms with E-state index in [1.54, 1.807) is 0 Å². The number of hydrogen-bond donors (Lipinski definition) is 0. The highest BCUT2D eigenvalue weighted by Gasteiger charge is 2.26. The third-order valence-corrected chi connectivity index (χ3v) is 4.77. The van der Waals surface area contributed by atoms with Crippen LogP contribution in [0.4, 0.5) is 5.69 Å². The van der Waals surface area contributed by atoms with Gasteiger partial charge in [-0.2, -0.15) is 5.26 Å². The van der Waals surface area contributed by atoms with Gasteiger partial charge < -0.3 is 4.90 Å². The largest absolute Gasteiger partial charge is 0.370 e. The number of nitriles is 1. The summed E-state index contributed by atoms with van der Waals surface area (Å²) in [7, 11) is 2.17. The standard InChI is InChI=1S/C15H20N2S/c1-11(2)13-7-4-8-14-15(13)17(3)12(10-18-14)6-5-9-16/h4,7-8,11-12H,5-6,10H2,1-3H3. The summed E-state index contributed by atoms with van der Waals surface area (Å²) in [4.78, 5) is 3.77. The Kier molecular flexibility index (Phi) is 4.19. The highest BCUT2D eigenvalue weighted by molar-refractivity contribution is 7.99. The zero-order valence-corrected chi connectivity index (χ0v) is 12.1. The van der Waals surface area contributed by atoms with E-state index in [0.717, 1.165) is 12.2 Å². The van der Waals surface area contributed by atoms with E-state index in [1.165, 1.54) is 16.1 Å². The van der Waals surface area contributed by atoms with Gasteiger partial charge in [-0.25, -0.2) is 0 Å². The van der Waals surface area contributed by atoms with Gasteiger partial charge in [0, 0.05) is 30.2 Å². The van der Waals surface area contributed by atoms with Crippen LogP contribution in [0.15, 0.2) is 23.1 Å². The van der Waals surface area contributed by atoms with Crippen LogP contribution in [0.5, 0.6) is 0 Å². The molecule has 0 saturated heterocycles. The SMILES string of the molecule is CC(C)c1cccc2c1N(C)C(CCC#N)CS2. The summed E-state index contributed by atoms with van der Waals surface area (Å²) in [5, 5.41) is 8.75. The van der Waals surface area contributed by atoms with Gasteiger partial charge in [-0.05, 0) is 24.0 Å². The van der Waals surface area contributed by atoms with E-state index in [1.807, 2.05) is 11.8 Å². The second-order valence-corrected chi connectivity index (χ2v) is 6.18. The van der Waals surface area contributed by atoms with Crippen LogP contribution in [0.2, 0.25) is 0 Å². The second-order valence-electron chi connectivity index (χ2n) is 5.12. The summed E-state index contributed by atoms with van der Waals surface area (Å²) >= 11 is 1.93. The Labute approximate surface area is 114 Å². The fraction of sp³-hybridized carbons (Fsp3) is 0.533. The molecule has 1 atom stereocenters. The van der Waals surface area contributed by atoms with Gasteiger partial charge >= 0.3 is 0 Å². The van der Waals surface area contributed by atoms with E-state index < -0.39 is 0 Å². The molecule has 0 bridgehead atoms. The third kappa shape index (κ3) is 2.49. The summed E-state index contributed by atoms with van der Waals surface area (Å²) in [6.45, 7) is 4.49. The number of hydrogen-bond acceptors (Lipinski definition) is 3. The predicted molar refractivity (Wildman–Crippen MR) is 78.3 cm³/mol. The molecule has 0 radical (unpaired) electrons. The van der Waals surface area contributed by atoms with Gasteiger partial charge in [0.2, 0.25) is 0 Å². The van der Waals surface area contributed by atoms with E-state index in [9.17, 15) is 0 Å². The van der Waals surface area contributed by atoms with Crippen molar-refractivity contribution in [2.75, 3.05) is 17.7 Å². The first-order valence-corrected chi connectivity index (χ1v) is 7.49. The topological polar surface area (TPSA) is 27.0 Å². The van der Waals surface area contributed by atoms with Gasteiger partial charge in [0.15, 0.2) is 0 Å². The molecule has 0 aromatic heterocycles. The molecule has 1 aliphatic heterocycles. The molecule has 0 saturated carbocycles. The molecule has 3 heteroatoms. The van der Waals surface area contributed by atoms with E-state index in [-0.39, 0.29) is 0 Å². The molecule has 96 valence electrons. The molecule has 1 unspecified atom stereocenters. The van der Waals surface area contributed by atoms with Gasteiger partial charge in [-0.3, -0.25) is 0 Å². The van der Waals surface area contributed by atoms with E-state index in [2.05, 4.69) is 50.1 Å². The maximum atomic E-state index is 8.75. The highest BCUT2D eigenvalue weighted by atomic mass is 32.2. The molecule has 2 nitrogen and oxygen atoms in total. The molecule has 0 N–H and O–H groups in total. The average Bonchev–Trinajstić information content (AvgIpc) is 2.37. The Morgan fingerprint density at radius 2 is 2.28 bits per heavy atom. The van der Waals surface area contributed by atoms with Crippen LogP contribution in [0.1, 0.15) is 38.2 Å². The van der Waals surface area contributed by atoms with Gasteiger partial charge in [0.25, 0.3) is 0 Å². The van der Waals surface area contributed by atoms with Crippen molar-refractivity contribution in [1.29, 1.82) is 5.26 Å². The van der Waals surface area contributed by atoms with Crippen molar-refractivity contribution < 1.29 is 0 Å². The normalized spacial score (nSPS) is 18.6. The zero-order chi connectivity index (χ0) is 13.1. The molecule has 0 amide bonds. The Balaban J connectivity index is 2.32. The molecular weight excluding hydrogens is 240 g/mol. The van der Waals surface area contributed by atoms with Crippen molar-refractivity contribution >= 4 is 17.4 Å². The molecular formula is C15H20N2S. The number of rotatable bonds is 3. The number of benzene rings is 1. The van der Waals surface area contributed by atoms with Gasteiger partial charge in [0.1, 0.15) is 0 Å². The summed E-state index contributed by atoms with van der Waals surface area (Å²) < 4.78 is 0. The van der Waals surface area contributed by atoms with Crippen LogP contribution >= 0.6 is 11.8 Å². The molecule has 2 rings (SSSR count). The lowest BCUT2D eigenvalue weighted by atomic mass is 9.99. The molecule has 1 aromatic rings. The van der Waals surface area contributed by atoms with Crippen molar-refractivity contribution in [3.05, 3.63) is 23.8 Å². The lowest BCUT2D eigenvalue weighted by Crippen LogP contribution is -2.37. The summed E-state index contributed by atoms with van der Waals surface area (Å²) in [5.41, 5.74) is 2.80. The monoisotopic (exact) mass is 260 g/mol. The molecule has 1 aromatic carbocycles. The van der Waals surface area contributed by atoms with Crippen molar-refractivity contribution in [3.63, 3.8) is 0 Å². The number of fused-ring (bicyclic) bond motifs is 1. The van der Waals surface area contributed by atoms with Crippen molar-refractivity contribution in [2.24, 2.45) is 0 Å². The summed E-state index contributed by atoms with van der Waals surface area (Å²) in [5.74, 6) is 1.63. The first-order chi connectivity index (χ1) is 8.65. The lowest BCUT2D eigenvalue weighted by molar-refractivity contribution is 0.630. The van der Waals surface area contributed by atoms with E-state index in [0.29, 0.717) is 18.4 Å². The molecule has 0 aliphatic carbocycles. The van der Waals surface area contributed by atoms with Gasteiger partial charge in [0.05, 0.1) is 11.8 Å². The minimum Gasteiger partial charge on any atom is -0.370 e. The van der Waals surface area contributed by atoms with Crippen LogP contribution in [0.25, 0.3) is 0 Å². The first kappa shape index (κ1) is 13.3. The number of anilines is 1. The Morgan fingerprint density at radius 1 is 1.50 bits per heavy atom. The Bertz CT molecular complexity index is 462. The second kappa shape index (κ2) is 5.67. The quantitative estimate of drug-likeness (QED) is 0.821. The van der Waals surface area contributed by atoms with Crippen LogP contribution in [-0.4, -0.2) is 18.8 Å². The summed E-state index contributed by atoms with van der Waals surface area (Å²) in [6, 6.07) is 9.35. The average molecular weight is 260 g/mol. The number of thioether (sulfide) groups is 1. The molecule has 1 heterocycles. The van der Waals surface area contributed by atoms with Crippen LogP contribution < -0.4 is 4.90 Å². The third-order valence-electron chi connectivity index (χ3n) is 3.57. The Hall–Kier alpha value is -1.14. The van der Waals surface area contributed by atoms with Crippen molar-refractivity contribution in [1.82, 2.24) is 0 Å². The van der Waals surface area contributed by atoms with Crippen LogP contribution in [-0.2, 0) is 0 Å². The highest BCUT2D eigenvalue weighted by Crippen LogP contribution is 2.42. The number of para-hydroxylation sites is 1. The predicted octanol–water partition coefficient (Wildman–Crippen LogP) is 4.02. The van der Waals surface area contributed by atoms with Crippen molar-refractivity contribution in [2.45, 2.75) is 43.5 Å². The van der Waals surface area contributed by atoms with Crippen LogP contribution in [0.3, 0.4) is 0 Å². The number of nitrogens with zero attached hydrogens (tertiary/aromatic N) is 2. The molecule has 0 fully saturated rings. The maximum Gasteiger partial charge on any atom is 0.0622 e. The molecule has 18 heavy (non-hydrogen) atoms. The first-order valence-electron chi connectivity index (χ1n) is 6.50. The minimum atomic E-state index is 0.488. The zero-order valence-electron chi connectivity index (χ0n) is 11.3. The van der Waals surface area contributed by atoms with E-state index in [4.69, 9.17) is 5.26 Å². The fourth-order valence-electron chi connectivity index (χ4n) is 2.49. The van der Waals surface area contributed by atoms with Gasteiger partial charge in [-0.1, -0.05) is 26.0 Å².